The highest BCUT2D eigenvalue weighted by Gasteiger charge is 2.03. The lowest BCUT2D eigenvalue weighted by Crippen LogP contribution is -2.09. The second kappa shape index (κ2) is 3.94. The second-order valence-electron chi connectivity index (χ2n) is 2.92. The van der Waals surface area contributed by atoms with E-state index < -0.39 is 0 Å². The van der Waals surface area contributed by atoms with Gasteiger partial charge in [-0.3, -0.25) is 4.79 Å². The van der Waals surface area contributed by atoms with Gasteiger partial charge in [0.25, 0.3) is 0 Å². The van der Waals surface area contributed by atoms with Gasteiger partial charge in [-0.1, -0.05) is 13.0 Å². The van der Waals surface area contributed by atoms with E-state index in [1.807, 2.05) is 6.92 Å². The largest absolute Gasteiger partial charge is 0.506 e. The van der Waals surface area contributed by atoms with Gasteiger partial charge in [-0.2, -0.15) is 0 Å². The number of aryl methyl sites for hydroxylation is 1. The van der Waals surface area contributed by atoms with Gasteiger partial charge >= 0.3 is 0 Å². The number of nitrogens with one attached hydrogen (secondary N) is 1. The van der Waals surface area contributed by atoms with E-state index in [0.29, 0.717) is 12.1 Å². The van der Waals surface area contributed by atoms with Crippen LogP contribution in [-0.2, 0) is 4.79 Å². The number of amides is 1. The van der Waals surface area contributed by atoms with Crippen molar-refractivity contribution in [3.05, 3.63) is 23.8 Å². The average Bonchev–Trinajstić information content (AvgIpc) is 2.11. The molecule has 0 unspecified atom stereocenters. The Labute approximate surface area is 77.4 Å². The zero-order chi connectivity index (χ0) is 9.84. The molecule has 0 aliphatic heterocycles. The maximum absolute atomic E-state index is 11.0. The summed E-state index contributed by atoms with van der Waals surface area (Å²) in [7, 11) is 0. The molecule has 0 fully saturated rings. The summed E-state index contributed by atoms with van der Waals surface area (Å²) in [5, 5.41) is 12.0. The molecule has 0 heterocycles. The van der Waals surface area contributed by atoms with Gasteiger partial charge in [0, 0.05) is 6.42 Å². The van der Waals surface area contributed by atoms with Gasteiger partial charge in [-0.25, -0.2) is 0 Å². The van der Waals surface area contributed by atoms with Crippen molar-refractivity contribution in [2.45, 2.75) is 20.3 Å². The maximum Gasteiger partial charge on any atom is 0.224 e. The Morgan fingerprint density at radius 3 is 2.85 bits per heavy atom. The normalized spacial score (nSPS) is 9.69. The summed E-state index contributed by atoms with van der Waals surface area (Å²) >= 11 is 0. The van der Waals surface area contributed by atoms with Crippen molar-refractivity contribution in [2.24, 2.45) is 0 Å². The third-order valence-electron chi connectivity index (χ3n) is 1.75. The first-order valence-electron chi connectivity index (χ1n) is 4.23. The molecule has 13 heavy (non-hydrogen) atoms. The van der Waals surface area contributed by atoms with E-state index in [1.165, 1.54) is 0 Å². The van der Waals surface area contributed by atoms with Gasteiger partial charge in [-0.05, 0) is 24.6 Å². The molecule has 70 valence electrons. The monoisotopic (exact) mass is 179 g/mol. The quantitative estimate of drug-likeness (QED) is 0.682. The molecule has 0 aromatic heterocycles. The van der Waals surface area contributed by atoms with E-state index in [1.54, 1.807) is 25.1 Å². The summed E-state index contributed by atoms with van der Waals surface area (Å²) in [6, 6.07) is 5.10. The molecule has 2 N–H and O–H groups in total. The molecule has 0 radical (unpaired) electrons. The number of phenols is 1. The van der Waals surface area contributed by atoms with Crippen molar-refractivity contribution in [3.8, 4) is 5.75 Å². The van der Waals surface area contributed by atoms with Crippen molar-refractivity contribution in [1.29, 1.82) is 0 Å². The van der Waals surface area contributed by atoms with Crippen LogP contribution in [-0.4, -0.2) is 11.0 Å². The zero-order valence-corrected chi connectivity index (χ0v) is 7.79. The predicted molar refractivity (Wildman–Crippen MR) is 51.8 cm³/mol. The first-order chi connectivity index (χ1) is 6.13. The topological polar surface area (TPSA) is 49.3 Å². The number of phenolic OH excluding ortho intramolecular Hbond substituents is 1. The number of aromatic hydroxyl groups is 1. The number of carbonyl (C=O) groups is 1. The third-order valence-corrected chi connectivity index (χ3v) is 1.75. The standard InChI is InChI=1S/C10H13NO2/c1-3-10(13)11-8-6-7(2)4-5-9(8)12/h4-6,12H,3H2,1-2H3,(H,11,13). The fraction of sp³-hybridized carbons (Fsp3) is 0.300. The molecule has 0 bridgehead atoms. The summed E-state index contributed by atoms with van der Waals surface area (Å²) in [4.78, 5) is 11.0. The maximum atomic E-state index is 11.0. The van der Waals surface area contributed by atoms with Crippen LogP contribution in [0, 0.1) is 6.92 Å². The molecular formula is C10H13NO2. The highest BCUT2D eigenvalue weighted by Crippen LogP contribution is 2.23. The predicted octanol–water partition coefficient (Wildman–Crippen LogP) is 2.05. The molecule has 0 spiro atoms. The third kappa shape index (κ3) is 2.47. The summed E-state index contributed by atoms with van der Waals surface area (Å²) in [5.41, 5.74) is 1.48. The Morgan fingerprint density at radius 2 is 2.23 bits per heavy atom. The van der Waals surface area contributed by atoms with E-state index in [9.17, 15) is 9.90 Å². The lowest BCUT2D eigenvalue weighted by Gasteiger charge is -2.06. The van der Waals surface area contributed by atoms with E-state index >= 15 is 0 Å². The van der Waals surface area contributed by atoms with Crippen LogP contribution in [0.4, 0.5) is 5.69 Å². The first kappa shape index (κ1) is 9.58. The molecule has 0 saturated heterocycles. The van der Waals surface area contributed by atoms with Crippen molar-refractivity contribution in [3.63, 3.8) is 0 Å². The fourth-order valence-electron chi connectivity index (χ4n) is 0.989. The fourth-order valence-corrected chi connectivity index (χ4v) is 0.989. The minimum atomic E-state index is -0.0964. The number of benzene rings is 1. The summed E-state index contributed by atoms with van der Waals surface area (Å²) in [6.45, 7) is 3.67. The van der Waals surface area contributed by atoms with Crippen molar-refractivity contribution >= 4 is 11.6 Å². The number of carbonyl (C=O) groups excluding carboxylic acids is 1. The van der Waals surface area contributed by atoms with Crippen molar-refractivity contribution < 1.29 is 9.90 Å². The van der Waals surface area contributed by atoms with Crippen LogP contribution < -0.4 is 5.32 Å². The van der Waals surface area contributed by atoms with Gasteiger partial charge in [-0.15, -0.1) is 0 Å². The summed E-state index contributed by atoms with van der Waals surface area (Å²) in [6.07, 6.45) is 0.410. The van der Waals surface area contributed by atoms with Gasteiger partial charge in [0.2, 0.25) is 5.91 Å². The van der Waals surface area contributed by atoms with Crippen LogP contribution in [0.5, 0.6) is 5.75 Å². The van der Waals surface area contributed by atoms with Crippen LogP contribution in [0.25, 0.3) is 0 Å². The molecule has 0 aliphatic rings. The molecule has 1 amide bonds. The minimum Gasteiger partial charge on any atom is -0.506 e. The molecule has 1 rings (SSSR count). The van der Waals surface area contributed by atoms with E-state index in [0.717, 1.165) is 5.56 Å². The molecule has 3 nitrogen and oxygen atoms in total. The molecule has 0 atom stereocenters. The van der Waals surface area contributed by atoms with Gasteiger partial charge in [0.1, 0.15) is 5.75 Å². The van der Waals surface area contributed by atoms with Crippen LogP contribution in [0.3, 0.4) is 0 Å². The molecule has 0 aliphatic carbocycles. The van der Waals surface area contributed by atoms with E-state index in [4.69, 9.17) is 0 Å². The van der Waals surface area contributed by atoms with Crippen LogP contribution in [0.1, 0.15) is 18.9 Å². The number of anilines is 1. The Morgan fingerprint density at radius 1 is 1.54 bits per heavy atom. The van der Waals surface area contributed by atoms with Crippen molar-refractivity contribution in [2.75, 3.05) is 5.32 Å². The Balaban J connectivity index is 2.87. The van der Waals surface area contributed by atoms with Crippen molar-refractivity contribution in [1.82, 2.24) is 0 Å². The Kier molecular flexibility index (Phi) is 2.90. The van der Waals surface area contributed by atoms with E-state index in [-0.39, 0.29) is 11.7 Å². The smallest absolute Gasteiger partial charge is 0.224 e. The Bertz CT molecular complexity index is 321. The second-order valence-corrected chi connectivity index (χ2v) is 2.92. The SMILES string of the molecule is CCC(=O)Nc1cc(C)ccc1O. The Hall–Kier alpha value is -1.51. The molecule has 3 heteroatoms. The number of hydrogen-bond acceptors (Lipinski definition) is 2. The first-order valence-corrected chi connectivity index (χ1v) is 4.23. The van der Waals surface area contributed by atoms with Crippen LogP contribution in [0.2, 0.25) is 0 Å². The van der Waals surface area contributed by atoms with Gasteiger partial charge in [0.15, 0.2) is 0 Å². The summed E-state index contributed by atoms with van der Waals surface area (Å²) < 4.78 is 0. The average molecular weight is 179 g/mol. The lowest BCUT2D eigenvalue weighted by molar-refractivity contribution is -0.115. The molecule has 1 aromatic rings. The highest BCUT2D eigenvalue weighted by atomic mass is 16.3. The molecule has 1 aromatic carbocycles. The highest BCUT2D eigenvalue weighted by molar-refractivity contribution is 5.92. The van der Waals surface area contributed by atoms with Crippen LogP contribution in [0.15, 0.2) is 18.2 Å². The summed E-state index contributed by atoms with van der Waals surface area (Å²) in [5.74, 6) is 0.00769. The molecule has 0 saturated carbocycles. The van der Waals surface area contributed by atoms with Gasteiger partial charge in [0.05, 0.1) is 5.69 Å². The number of hydrogen-bond donors (Lipinski definition) is 2. The minimum absolute atomic E-state index is 0.0964. The van der Waals surface area contributed by atoms with E-state index in [2.05, 4.69) is 5.32 Å². The zero-order valence-electron chi connectivity index (χ0n) is 7.79. The van der Waals surface area contributed by atoms with Gasteiger partial charge < -0.3 is 10.4 Å². The van der Waals surface area contributed by atoms with Crippen LogP contribution >= 0.6 is 0 Å². The molecular weight excluding hydrogens is 166 g/mol. The lowest BCUT2D eigenvalue weighted by atomic mass is 10.2. The number of rotatable bonds is 2.